The highest BCUT2D eigenvalue weighted by Crippen LogP contribution is 2.22. The summed E-state index contributed by atoms with van der Waals surface area (Å²) in [6, 6.07) is 0. The van der Waals surface area contributed by atoms with Gasteiger partial charge in [0.2, 0.25) is 0 Å². The maximum absolute atomic E-state index is 11.7. The summed E-state index contributed by atoms with van der Waals surface area (Å²) in [4.78, 5) is 18.2. The molecule has 0 atom stereocenters. The van der Waals surface area contributed by atoms with Crippen molar-refractivity contribution in [3.63, 3.8) is 0 Å². The number of nitrogens with zero attached hydrogens (tertiary/aromatic N) is 2. The molecule has 0 fully saturated rings. The van der Waals surface area contributed by atoms with E-state index in [-0.39, 0.29) is 5.56 Å². The second-order valence-electron chi connectivity index (χ2n) is 2.67. The highest BCUT2D eigenvalue weighted by Gasteiger charge is 2.28. The smallest absolute Gasteiger partial charge is 0.294 e. The zero-order valence-electron chi connectivity index (χ0n) is 7.08. The topological polar surface area (TPSA) is 42.9 Å². The lowest BCUT2D eigenvalue weighted by Gasteiger charge is -2.04. The summed E-state index contributed by atoms with van der Waals surface area (Å²) in [6.07, 6.45) is -2.36. The molecule has 3 nitrogen and oxygen atoms in total. The summed E-state index contributed by atoms with van der Waals surface area (Å²) in [5.74, 6) is -0.595. The van der Waals surface area contributed by atoms with E-state index in [1.807, 2.05) is 0 Å². The average Bonchev–Trinajstić information content (AvgIpc) is 2.14. The molecule has 0 aliphatic heterocycles. The summed E-state index contributed by atoms with van der Waals surface area (Å²) in [6.45, 7) is 0. The summed E-state index contributed by atoms with van der Waals surface area (Å²) < 4.78 is 35.2. The molecule has 0 bridgehead atoms. The number of rotatable bonds is 3. The van der Waals surface area contributed by atoms with Crippen molar-refractivity contribution >= 4 is 5.78 Å². The van der Waals surface area contributed by atoms with Gasteiger partial charge in [-0.3, -0.25) is 4.79 Å². The van der Waals surface area contributed by atoms with Crippen LogP contribution in [0, 0.1) is 0 Å². The molecule has 0 unspecified atom stereocenters. The fourth-order valence-corrected chi connectivity index (χ4v) is 0.843. The first kappa shape index (κ1) is 10.6. The normalized spacial score (nSPS) is 11.4. The van der Waals surface area contributed by atoms with Gasteiger partial charge in [0, 0.05) is 18.8 Å². The quantitative estimate of drug-likeness (QED) is 0.707. The molecule has 0 saturated heterocycles. The molecule has 14 heavy (non-hydrogen) atoms. The summed E-state index contributed by atoms with van der Waals surface area (Å²) in [5.41, 5.74) is 0.108. The molecule has 1 aromatic heterocycles. The van der Waals surface area contributed by atoms with Crippen molar-refractivity contribution in [1.29, 1.82) is 0 Å². The van der Waals surface area contributed by atoms with Gasteiger partial charge in [0.15, 0.2) is 5.78 Å². The van der Waals surface area contributed by atoms with Crippen molar-refractivity contribution < 1.29 is 18.0 Å². The van der Waals surface area contributed by atoms with Crippen LogP contribution in [0.4, 0.5) is 13.2 Å². The second kappa shape index (κ2) is 4.17. The monoisotopic (exact) mass is 204 g/mol. The van der Waals surface area contributed by atoms with Gasteiger partial charge in [-0.05, 0) is 0 Å². The number of Topliss-reactive ketones (excluding diaryl/α,β-unsaturated/α-hetero) is 1. The van der Waals surface area contributed by atoms with Crippen molar-refractivity contribution in [3.8, 4) is 0 Å². The maximum Gasteiger partial charge on any atom is 0.389 e. The predicted molar refractivity (Wildman–Crippen MR) is 41.7 cm³/mol. The molecule has 0 aromatic carbocycles. The van der Waals surface area contributed by atoms with Crippen LogP contribution in [0.25, 0.3) is 0 Å². The fraction of sp³-hybridized carbons (Fsp3) is 0.375. The second-order valence-corrected chi connectivity index (χ2v) is 2.67. The first-order valence-electron chi connectivity index (χ1n) is 3.84. The van der Waals surface area contributed by atoms with E-state index < -0.39 is 24.8 Å². The molecule has 0 radical (unpaired) electrons. The average molecular weight is 204 g/mol. The van der Waals surface area contributed by atoms with Crippen LogP contribution in [0.5, 0.6) is 0 Å². The molecule has 76 valence electrons. The molecule has 0 N–H and O–H groups in total. The number of aromatic nitrogens is 2. The van der Waals surface area contributed by atoms with Crippen LogP contribution in [0.15, 0.2) is 18.7 Å². The van der Waals surface area contributed by atoms with Crippen LogP contribution in [0.2, 0.25) is 0 Å². The number of carbonyl (C=O) groups is 1. The minimum absolute atomic E-state index is 0.108. The van der Waals surface area contributed by atoms with Crippen molar-refractivity contribution in [2.45, 2.75) is 19.0 Å². The Balaban J connectivity index is 2.52. The largest absolute Gasteiger partial charge is 0.389 e. The molecule has 1 aromatic rings. The van der Waals surface area contributed by atoms with Crippen LogP contribution < -0.4 is 0 Å². The number of halogens is 3. The Kier molecular flexibility index (Phi) is 3.16. The van der Waals surface area contributed by atoms with Crippen molar-refractivity contribution in [3.05, 3.63) is 24.3 Å². The lowest BCUT2D eigenvalue weighted by Crippen LogP contribution is -2.11. The third-order valence-electron chi connectivity index (χ3n) is 1.52. The zero-order chi connectivity index (χ0) is 10.6. The van der Waals surface area contributed by atoms with Crippen LogP contribution in [-0.4, -0.2) is 21.9 Å². The molecule has 1 rings (SSSR count). The molecule has 1 heterocycles. The van der Waals surface area contributed by atoms with Crippen LogP contribution in [-0.2, 0) is 0 Å². The number of ketones is 1. The van der Waals surface area contributed by atoms with Crippen molar-refractivity contribution in [2.24, 2.45) is 0 Å². The minimum atomic E-state index is -4.30. The fourth-order valence-electron chi connectivity index (χ4n) is 0.843. The Hall–Kier alpha value is -1.46. The van der Waals surface area contributed by atoms with E-state index >= 15 is 0 Å². The Morgan fingerprint density at radius 2 is 1.86 bits per heavy atom. The van der Waals surface area contributed by atoms with Gasteiger partial charge in [-0.2, -0.15) is 13.2 Å². The first-order valence-corrected chi connectivity index (χ1v) is 3.84. The van der Waals surface area contributed by atoms with E-state index in [0.29, 0.717) is 0 Å². The Morgan fingerprint density at radius 3 is 2.36 bits per heavy atom. The predicted octanol–water partition coefficient (Wildman–Crippen LogP) is 2.00. The Bertz CT molecular complexity index is 310. The van der Waals surface area contributed by atoms with Gasteiger partial charge in [-0.15, -0.1) is 0 Å². The van der Waals surface area contributed by atoms with Gasteiger partial charge in [0.05, 0.1) is 12.0 Å². The van der Waals surface area contributed by atoms with E-state index in [4.69, 9.17) is 0 Å². The third kappa shape index (κ3) is 3.51. The number of carbonyl (C=O) groups excluding carboxylic acids is 1. The third-order valence-corrected chi connectivity index (χ3v) is 1.52. The Labute approximate surface area is 78.0 Å². The van der Waals surface area contributed by atoms with Gasteiger partial charge in [0.25, 0.3) is 0 Å². The summed E-state index contributed by atoms with van der Waals surface area (Å²) in [5, 5.41) is 0. The molecule has 0 aliphatic carbocycles. The lowest BCUT2D eigenvalue weighted by atomic mass is 10.1. The zero-order valence-corrected chi connectivity index (χ0v) is 7.08. The van der Waals surface area contributed by atoms with Crippen LogP contribution >= 0.6 is 0 Å². The summed E-state index contributed by atoms with van der Waals surface area (Å²) in [7, 11) is 0. The first-order chi connectivity index (χ1) is 6.49. The highest BCUT2D eigenvalue weighted by atomic mass is 19.4. The van der Waals surface area contributed by atoms with Crippen LogP contribution in [0.3, 0.4) is 0 Å². The number of hydrogen-bond acceptors (Lipinski definition) is 3. The van der Waals surface area contributed by atoms with Gasteiger partial charge in [-0.25, -0.2) is 9.97 Å². The molecule has 0 saturated carbocycles. The molecular formula is C8H7F3N2O. The van der Waals surface area contributed by atoms with Gasteiger partial charge >= 0.3 is 6.18 Å². The standard InChI is InChI=1S/C8H7F3N2O/c9-8(10,11)2-1-7(14)6-3-12-5-13-4-6/h3-5H,1-2H2. The van der Waals surface area contributed by atoms with E-state index in [1.165, 1.54) is 18.7 Å². The molecule has 6 heteroatoms. The molecular weight excluding hydrogens is 197 g/mol. The van der Waals surface area contributed by atoms with E-state index in [1.54, 1.807) is 0 Å². The van der Waals surface area contributed by atoms with Gasteiger partial charge in [0.1, 0.15) is 6.33 Å². The SMILES string of the molecule is O=C(CCC(F)(F)F)c1cncnc1. The molecule has 0 aliphatic rings. The number of alkyl halides is 3. The molecule has 0 spiro atoms. The minimum Gasteiger partial charge on any atom is -0.294 e. The Morgan fingerprint density at radius 1 is 1.29 bits per heavy atom. The van der Waals surface area contributed by atoms with Crippen molar-refractivity contribution in [2.75, 3.05) is 0 Å². The van der Waals surface area contributed by atoms with E-state index in [2.05, 4.69) is 9.97 Å². The lowest BCUT2D eigenvalue weighted by molar-refractivity contribution is -0.133. The highest BCUT2D eigenvalue weighted by molar-refractivity contribution is 5.95. The summed E-state index contributed by atoms with van der Waals surface area (Å²) >= 11 is 0. The van der Waals surface area contributed by atoms with Gasteiger partial charge < -0.3 is 0 Å². The van der Waals surface area contributed by atoms with E-state index in [0.717, 1.165) is 0 Å². The van der Waals surface area contributed by atoms with Crippen LogP contribution in [0.1, 0.15) is 23.2 Å². The number of hydrogen-bond donors (Lipinski definition) is 0. The molecule has 0 amide bonds. The van der Waals surface area contributed by atoms with E-state index in [9.17, 15) is 18.0 Å². The maximum atomic E-state index is 11.7. The van der Waals surface area contributed by atoms with Crippen molar-refractivity contribution in [1.82, 2.24) is 9.97 Å². The van der Waals surface area contributed by atoms with Gasteiger partial charge in [-0.1, -0.05) is 0 Å².